The first kappa shape index (κ1) is 14.6. The van der Waals surface area contributed by atoms with E-state index in [1.807, 2.05) is 24.3 Å². The van der Waals surface area contributed by atoms with Gasteiger partial charge in [0.05, 0.1) is 17.8 Å². The minimum absolute atomic E-state index is 0.391. The molecule has 7 nitrogen and oxygen atoms in total. The minimum Gasteiger partial charge on any atom is -0.382 e. The molecule has 3 heterocycles. The molecule has 0 aliphatic rings. The Bertz CT molecular complexity index is 999. The van der Waals surface area contributed by atoms with Crippen LogP contribution in [0, 0.1) is 0 Å². The Morgan fingerprint density at radius 1 is 1.21 bits per heavy atom. The van der Waals surface area contributed by atoms with Gasteiger partial charge in [-0.3, -0.25) is 5.10 Å². The first-order valence-electron chi connectivity index (χ1n) is 7.93. The van der Waals surface area contributed by atoms with Gasteiger partial charge in [-0.2, -0.15) is 5.10 Å². The molecule has 0 bridgehead atoms. The van der Waals surface area contributed by atoms with E-state index in [1.54, 1.807) is 6.20 Å². The lowest BCUT2D eigenvalue weighted by molar-refractivity contribution is 0.576. The first-order chi connectivity index (χ1) is 11.6. The highest BCUT2D eigenvalue weighted by molar-refractivity contribution is 6.06. The molecule has 0 fully saturated rings. The highest BCUT2D eigenvalue weighted by Crippen LogP contribution is 2.29. The highest BCUT2D eigenvalue weighted by Gasteiger charge is 2.13. The molecule has 0 amide bonds. The number of rotatable bonds is 4. The lowest BCUT2D eigenvalue weighted by atomic mass is 10.1. The molecule has 0 aliphatic heterocycles. The second-order valence-electron chi connectivity index (χ2n) is 6.14. The molecule has 1 aromatic carbocycles. The number of nitrogens with zero attached hydrogens (tertiary/aromatic N) is 3. The molecule has 4 aromatic rings. The number of anilines is 1. The normalized spacial score (nSPS) is 11.8. The summed E-state index contributed by atoms with van der Waals surface area (Å²) in [6.07, 6.45) is 1.73. The Hall–Kier alpha value is -2.93. The van der Waals surface area contributed by atoms with Crippen molar-refractivity contribution in [2.24, 2.45) is 0 Å². The van der Waals surface area contributed by atoms with E-state index in [1.165, 1.54) is 0 Å². The molecular formula is C17H19N7. The van der Waals surface area contributed by atoms with Crippen LogP contribution in [0.4, 0.5) is 5.82 Å². The smallest absolute Gasteiger partial charge is 0.150 e. The fraction of sp³-hybridized carbons (Fsp3) is 0.235. The van der Waals surface area contributed by atoms with E-state index < -0.39 is 0 Å². The third-order valence-corrected chi connectivity index (χ3v) is 3.99. The molecular weight excluding hydrogens is 302 g/mol. The maximum absolute atomic E-state index is 6.14. The van der Waals surface area contributed by atoms with E-state index in [4.69, 9.17) is 10.7 Å². The summed E-state index contributed by atoms with van der Waals surface area (Å²) in [6.45, 7) is 4.87. The number of nitrogens with two attached hydrogens (primary N) is 1. The van der Waals surface area contributed by atoms with Gasteiger partial charge in [-0.05, 0) is 18.2 Å². The molecule has 0 aliphatic carbocycles. The van der Waals surface area contributed by atoms with Crippen molar-refractivity contribution in [3.05, 3.63) is 36.3 Å². The number of aromatic nitrogens is 5. The number of hydrogen-bond donors (Lipinski definition) is 4. The first-order valence-corrected chi connectivity index (χ1v) is 7.93. The monoisotopic (exact) mass is 321 g/mol. The topological polar surface area (TPSA) is 108 Å². The molecule has 3 aromatic heterocycles. The summed E-state index contributed by atoms with van der Waals surface area (Å²) in [5.74, 6) is 1.32. The zero-order chi connectivity index (χ0) is 16.7. The Balaban J connectivity index is 1.84. The van der Waals surface area contributed by atoms with Crippen molar-refractivity contribution in [3.63, 3.8) is 0 Å². The van der Waals surface area contributed by atoms with Crippen LogP contribution in [0.3, 0.4) is 0 Å². The molecule has 24 heavy (non-hydrogen) atoms. The number of nitrogen functional groups attached to an aromatic ring is 1. The van der Waals surface area contributed by atoms with Crippen LogP contribution in [-0.4, -0.2) is 31.2 Å². The van der Waals surface area contributed by atoms with Gasteiger partial charge in [0.2, 0.25) is 0 Å². The number of fused-ring (bicyclic) bond motifs is 3. The van der Waals surface area contributed by atoms with Crippen LogP contribution in [0.25, 0.3) is 33.2 Å². The van der Waals surface area contributed by atoms with Crippen molar-refractivity contribution >= 4 is 27.8 Å². The quantitative estimate of drug-likeness (QED) is 0.462. The third-order valence-electron chi connectivity index (χ3n) is 3.99. The predicted molar refractivity (Wildman–Crippen MR) is 95.4 cm³/mol. The van der Waals surface area contributed by atoms with Gasteiger partial charge in [-0.1, -0.05) is 19.9 Å². The Kier molecular flexibility index (Phi) is 3.42. The molecule has 5 N–H and O–H groups in total. The summed E-state index contributed by atoms with van der Waals surface area (Å²) in [4.78, 5) is 12.5. The Labute approximate surface area is 138 Å². The molecule has 0 spiro atoms. The van der Waals surface area contributed by atoms with Crippen LogP contribution in [0.2, 0.25) is 0 Å². The second-order valence-corrected chi connectivity index (χ2v) is 6.14. The molecule has 0 unspecified atom stereocenters. The maximum Gasteiger partial charge on any atom is 0.150 e. The highest BCUT2D eigenvalue weighted by atomic mass is 15.1. The molecule has 0 radical (unpaired) electrons. The predicted octanol–water partition coefficient (Wildman–Crippen LogP) is 2.58. The minimum atomic E-state index is 0.391. The standard InChI is InChI=1S/C17H19N7/c1-9(2)19-8-14-22-15-11-4-3-10(12-5-6-20-24-12)7-13(11)21-17(18)16(15)23-14/h3-7,9,19H,8H2,1-2H3,(H2,18,21)(H,20,24)(H,22,23). The van der Waals surface area contributed by atoms with Gasteiger partial charge < -0.3 is 16.0 Å². The van der Waals surface area contributed by atoms with Crippen LogP contribution < -0.4 is 11.1 Å². The van der Waals surface area contributed by atoms with E-state index in [-0.39, 0.29) is 0 Å². The van der Waals surface area contributed by atoms with E-state index >= 15 is 0 Å². The third kappa shape index (κ3) is 2.48. The van der Waals surface area contributed by atoms with Gasteiger partial charge in [0, 0.05) is 23.2 Å². The fourth-order valence-corrected chi connectivity index (χ4v) is 2.78. The van der Waals surface area contributed by atoms with Gasteiger partial charge >= 0.3 is 0 Å². The number of imidazole rings is 1. The largest absolute Gasteiger partial charge is 0.382 e. The molecule has 4 rings (SSSR count). The average Bonchev–Trinajstić information content (AvgIpc) is 3.22. The number of benzene rings is 1. The average molecular weight is 321 g/mol. The van der Waals surface area contributed by atoms with Gasteiger partial charge in [-0.25, -0.2) is 9.97 Å². The van der Waals surface area contributed by atoms with Crippen LogP contribution >= 0.6 is 0 Å². The Morgan fingerprint density at radius 2 is 2.08 bits per heavy atom. The van der Waals surface area contributed by atoms with E-state index in [0.29, 0.717) is 18.4 Å². The van der Waals surface area contributed by atoms with E-state index in [0.717, 1.165) is 39.0 Å². The van der Waals surface area contributed by atoms with Crippen molar-refractivity contribution in [3.8, 4) is 11.3 Å². The number of nitrogens with one attached hydrogen (secondary N) is 3. The fourth-order valence-electron chi connectivity index (χ4n) is 2.78. The molecule has 122 valence electrons. The number of aromatic amines is 2. The van der Waals surface area contributed by atoms with Crippen LogP contribution in [0.1, 0.15) is 19.7 Å². The van der Waals surface area contributed by atoms with Crippen molar-refractivity contribution in [1.29, 1.82) is 0 Å². The summed E-state index contributed by atoms with van der Waals surface area (Å²) >= 11 is 0. The zero-order valence-electron chi connectivity index (χ0n) is 13.6. The van der Waals surface area contributed by atoms with Gasteiger partial charge in [0.1, 0.15) is 22.7 Å². The second kappa shape index (κ2) is 5.61. The zero-order valence-corrected chi connectivity index (χ0v) is 13.6. The van der Waals surface area contributed by atoms with Crippen molar-refractivity contribution in [2.45, 2.75) is 26.4 Å². The molecule has 0 saturated heterocycles. The SMILES string of the molecule is CC(C)NCc1nc2c([nH]1)c(N)nc1cc(-c3ccn[nH]3)ccc12. The lowest BCUT2D eigenvalue weighted by Gasteiger charge is -2.04. The van der Waals surface area contributed by atoms with Crippen LogP contribution in [0.15, 0.2) is 30.5 Å². The molecule has 7 heteroatoms. The summed E-state index contributed by atoms with van der Waals surface area (Å²) < 4.78 is 0. The van der Waals surface area contributed by atoms with Crippen LogP contribution in [-0.2, 0) is 6.54 Å². The Morgan fingerprint density at radius 3 is 2.83 bits per heavy atom. The summed E-state index contributed by atoms with van der Waals surface area (Å²) in [5.41, 5.74) is 10.6. The number of H-pyrrole nitrogens is 2. The van der Waals surface area contributed by atoms with E-state index in [9.17, 15) is 0 Å². The maximum atomic E-state index is 6.14. The molecule has 0 atom stereocenters. The van der Waals surface area contributed by atoms with Crippen molar-refractivity contribution < 1.29 is 0 Å². The number of hydrogen-bond acceptors (Lipinski definition) is 5. The molecule has 0 saturated carbocycles. The summed E-state index contributed by atoms with van der Waals surface area (Å²) in [5, 5.41) is 11.3. The van der Waals surface area contributed by atoms with Crippen molar-refractivity contribution in [1.82, 2.24) is 30.5 Å². The van der Waals surface area contributed by atoms with Gasteiger partial charge in [0.25, 0.3) is 0 Å². The van der Waals surface area contributed by atoms with Gasteiger partial charge in [0.15, 0.2) is 0 Å². The summed E-state index contributed by atoms with van der Waals surface area (Å²) in [7, 11) is 0. The van der Waals surface area contributed by atoms with E-state index in [2.05, 4.69) is 39.3 Å². The van der Waals surface area contributed by atoms with Crippen molar-refractivity contribution in [2.75, 3.05) is 5.73 Å². The lowest BCUT2D eigenvalue weighted by Crippen LogP contribution is -2.22. The van der Waals surface area contributed by atoms with Crippen LogP contribution in [0.5, 0.6) is 0 Å². The summed E-state index contributed by atoms with van der Waals surface area (Å²) in [6, 6.07) is 8.38. The van der Waals surface area contributed by atoms with Gasteiger partial charge in [-0.15, -0.1) is 0 Å². The number of pyridine rings is 1.